The smallest absolute Gasteiger partial charge is 0.243 e. The lowest BCUT2D eigenvalue weighted by atomic mass is 10.1. The van der Waals surface area contributed by atoms with Crippen LogP contribution in [0.4, 0.5) is 0 Å². The van der Waals surface area contributed by atoms with Crippen molar-refractivity contribution in [3.63, 3.8) is 0 Å². The van der Waals surface area contributed by atoms with Crippen molar-refractivity contribution in [1.82, 2.24) is 19.6 Å². The van der Waals surface area contributed by atoms with E-state index in [4.69, 9.17) is 15.0 Å². The molecule has 0 spiro atoms. The fraction of sp³-hybridized carbons (Fsp3) is 0.421. The summed E-state index contributed by atoms with van der Waals surface area (Å²) >= 11 is 0. The number of likely N-dealkylation sites (tertiary alicyclic amines) is 1. The van der Waals surface area contributed by atoms with E-state index in [1.165, 1.54) is 6.33 Å². The molecule has 142 valence electrons. The molecular formula is C19H23N5O3. The van der Waals surface area contributed by atoms with Gasteiger partial charge in [-0.05, 0) is 38.0 Å². The zero-order valence-corrected chi connectivity index (χ0v) is 15.2. The molecule has 2 N–H and O–H groups in total. The fourth-order valence-corrected chi connectivity index (χ4v) is 3.69. The Labute approximate surface area is 156 Å². The molecule has 3 heterocycles. The number of hydrogen-bond donors (Lipinski definition) is 1. The first-order valence-electron chi connectivity index (χ1n) is 9.15. The van der Waals surface area contributed by atoms with Crippen LogP contribution in [-0.4, -0.2) is 44.7 Å². The first-order valence-corrected chi connectivity index (χ1v) is 9.15. The molecule has 8 nitrogen and oxygen atoms in total. The van der Waals surface area contributed by atoms with Crippen molar-refractivity contribution in [2.45, 2.75) is 38.5 Å². The van der Waals surface area contributed by atoms with Gasteiger partial charge >= 0.3 is 0 Å². The molecule has 8 heteroatoms. The third-order valence-corrected chi connectivity index (χ3v) is 5.15. The van der Waals surface area contributed by atoms with Gasteiger partial charge in [0, 0.05) is 24.7 Å². The Bertz CT molecular complexity index is 913. The lowest BCUT2D eigenvalue weighted by Gasteiger charge is -2.34. The summed E-state index contributed by atoms with van der Waals surface area (Å²) in [7, 11) is 0. The third kappa shape index (κ3) is 3.66. The molecular weight excluding hydrogens is 346 g/mol. The summed E-state index contributed by atoms with van der Waals surface area (Å²) in [4.78, 5) is 17.7. The highest BCUT2D eigenvalue weighted by atomic mass is 16.5. The summed E-state index contributed by atoms with van der Waals surface area (Å²) in [5, 5.41) is 4.69. The van der Waals surface area contributed by atoms with E-state index in [1.54, 1.807) is 0 Å². The van der Waals surface area contributed by atoms with Crippen molar-refractivity contribution < 1.29 is 14.1 Å². The second-order valence-electron chi connectivity index (χ2n) is 6.91. The van der Waals surface area contributed by atoms with Crippen LogP contribution in [0.15, 0.2) is 41.3 Å². The van der Waals surface area contributed by atoms with Crippen LogP contribution in [0.1, 0.15) is 31.7 Å². The van der Waals surface area contributed by atoms with Gasteiger partial charge in [-0.3, -0.25) is 9.69 Å². The highest BCUT2D eigenvalue weighted by Crippen LogP contribution is 2.30. The number of piperidine rings is 1. The molecule has 1 unspecified atom stereocenters. The summed E-state index contributed by atoms with van der Waals surface area (Å²) in [6.45, 7) is 4.07. The normalized spacial score (nSPS) is 17.2. The number of rotatable bonds is 6. The van der Waals surface area contributed by atoms with Gasteiger partial charge < -0.3 is 19.6 Å². The van der Waals surface area contributed by atoms with Crippen LogP contribution in [0.5, 0.6) is 5.75 Å². The Morgan fingerprint density at radius 3 is 2.89 bits per heavy atom. The summed E-state index contributed by atoms with van der Waals surface area (Å²) < 4.78 is 13.3. The number of hydrogen-bond acceptors (Lipinski definition) is 6. The molecule has 2 aromatic heterocycles. The Hall–Kier alpha value is -2.87. The van der Waals surface area contributed by atoms with E-state index >= 15 is 0 Å². The van der Waals surface area contributed by atoms with Crippen LogP contribution in [0.3, 0.4) is 0 Å². The maximum Gasteiger partial charge on any atom is 0.243 e. The number of ether oxygens (including phenoxy) is 1. The van der Waals surface area contributed by atoms with E-state index in [-0.39, 0.29) is 24.6 Å². The largest absolute Gasteiger partial charge is 0.490 e. The van der Waals surface area contributed by atoms with Crippen molar-refractivity contribution in [3.05, 3.63) is 42.7 Å². The van der Waals surface area contributed by atoms with E-state index < -0.39 is 0 Å². The number of aromatic nitrogens is 3. The van der Waals surface area contributed by atoms with Crippen molar-refractivity contribution in [2.24, 2.45) is 5.73 Å². The maximum absolute atomic E-state index is 11.2. The average Bonchev–Trinajstić information content (AvgIpc) is 3.33. The standard InChI is InChI=1S/C19H23N5O3/c1-13(19-21-12-22-27-19)23-8-5-14(6-9-23)26-17-4-2-3-16-15(17)7-10-24(16)11-18(20)25/h2-4,7,10,12-14H,5-6,8-9,11H2,1H3,(H2,20,25). The predicted octanol–water partition coefficient (Wildman–Crippen LogP) is 2.11. The maximum atomic E-state index is 11.2. The molecule has 0 aliphatic carbocycles. The first-order chi connectivity index (χ1) is 13.1. The first kappa shape index (κ1) is 17.5. The van der Waals surface area contributed by atoms with Crippen molar-refractivity contribution in [2.75, 3.05) is 13.1 Å². The van der Waals surface area contributed by atoms with Gasteiger partial charge in [0.25, 0.3) is 0 Å². The minimum atomic E-state index is -0.360. The van der Waals surface area contributed by atoms with Gasteiger partial charge in [0.15, 0.2) is 6.33 Å². The summed E-state index contributed by atoms with van der Waals surface area (Å²) in [6, 6.07) is 7.98. The number of nitrogens with two attached hydrogens (primary N) is 1. The van der Waals surface area contributed by atoms with E-state index in [9.17, 15) is 4.79 Å². The van der Waals surface area contributed by atoms with E-state index in [1.807, 2.05) is 35.0 Å². The van der Waals surface area contributed by atoms with Crippen LogP contribution < -0.4 is 10.5 Å². The second kappa shape index (κ2) is 7.40. The van der Waals surface area contributed by atoms with Gasteiger partial charge in [0.2, 0.25) is 11.8 Å². The number of carbonyl (C=O) groups is 1. The number of fused-ring (bicyclic) bond motifs is 1. The van der Waals surface area contributed by atoms with Gasteiger partial charge in [0.1, 0.15) is 18.4 Å². The number of amides is 1. The van der Waals surface area contributed by atoms with E-state index in [2.05, 4.69) is 22.0 Å². The monoisotopic (exact) mass is 369 g/mol. The van der Waals surface area contributed by atoms with Gasteiger partial charge in [0.05, 0.1) is 11.6 Å². The summed E-state index contributed by atoms with van der Waals surface area (Å²) in [5.74, 6) is 1.13. The molecule has 1 amide bonds. The molecule has 3 aromatic rings. The molecule has 0 radical (unpaired) electrons. The average molecular weight is 369 g/mol. The van der Waals surface area contributed by atoms with Crippen molar-refractivity contribution in [3.8, 4) is 5.75 Å². The Kier molecular flexibility index (Phi) is 4.81. The van der Waals surface area contributed by atoms with Crippen LogP contribution in [0.2, 0.25) is 0 Å². The summed E-state index contributed by atoms with van der Waals surface area (Å²) in [6.07, 6.45) is 5.32. The number of benzene rings is 1. The number of nitrogens with zero attached hydrogens (tertiary/aromatic N) is 4. The Morgan fingerprint density at radius 2 is 2.19 bits per heavy atom. The fourth-order valence-electron chi connectivity index (χ4n) is 3.69. The summed E-state index contributed by atoms with van der Waals surface area (Å²) in [5.41, 5.74) is 6.28. The minimum absolute atomic E-state index is 0.111. The van der Waals surface area contributed by atoms with Gasteiger partial charge in [-0.15, -0.1) is 0 Å². The zero-order valence-electron chi connectivity index (χ0n) is 15.2. The van der Waals surface area contributed by atoms with Crippen LogP contribution in [0.25, 0.3) is 10.9 Å². The SMILES string of the molecule is CC(c1ncno1)N1CCC(Oc2cccc3c2ccn3CC(N)=O)CC1. The number of primary amides is 1. The Balaban J connectivity index is 1.42. The topological polar surface area (TPSA) is 99.4 Å². The zero-order chi connectivity index (χ0) is 18.8. The molecule has 1 atom stereocenters. The van der Waals surface area contributed by atoms with Crippen LogP contribution in [0, 0.1) is 0 Å². The highest BCUT2D eigenvalue weighted by molar-refractivity contribution is 5.87. The van der Waals surface area contributed by atoms with Crippen molar-refractivity contribution >= 4 is 16.8 Å². The molecule has 1 aliphatic rings. The van der Waals surface area contributed by atoms with Crippen LogP contribution >= 0.6 is 0 Å². The predicted molar refractivity (Wildman–Crippen MR) is 99.1 cm³/mol. The lowest BCUT2D eigenvalue weighted by Crippen LogP contribution is -2.39. The van der Waals surface area contributed by atoms with Gasteiger partial charge in [-0.25, -0.2) is 0 Å². The molecule has 1 aliphatic heterocycles. The third-order valence-electron chi connectivity index (χ3n) is 5.15. The molecule has 27 heavy (non-hydrogen) atoms. The molecule has 0 saturated carbocycles. The van der Waals surface area contributed by atoms with Crippen LogP contribution in [-0.2, 0) is 11.3 Å². The molecule has 1 saturated heterocycles. The number of carbonyl (C=O) groups excluding carboxylic acids is 1. The minimum Gasteiger partial charge on any atom is -0.490 e. The molecule has 1 fully saturated rings. The quantitative estimate of drug-likeness (QED) is 0.714. The molecule has 4 rings (SSSR count). The Morgan fingerprint density at radius 1 is 1.37 bits per heavy atom. The lowest BCUT2D eigenvalue weighted by molar-refractivity contribution is -0.118. The highest BCUT2D eigenvalue weighted by Gasteiger charge is 2.27. The van der Waals surface area contributed by atoms with Gasteiger partial charge in [-0.1, -0.05) is 11.2 Å². The molecule has 1 aromatic carbocycles. The van der Waals surface area contributed by atoms with E-state index in [0.29, 0.717) is 5.89 Å². The second-order valence-corrected chi connectivity index (χ2v) is 6.91. The van der Waals surface area contributed by atoms with Gasteiger partial charge in [-0.2, -0.15) is 4.98 Å². The van der Waals surface area contributed by atoms with Crippen molar-refractivity contribution in [1.29, 1.82) is 0 Å². The van der Waals surface area contributed by atoms with E-state index in [0.717, 1.165) is 42.6 Å². The molecule has 0 bridgehead atoms.